The molecule has 0 unspecified atom stereocenters. The van der Waals surface area contributed by atoms with Crippen LogP contribution < -0.4 is 5.32 Å². The highest BCUT2D eigenvalue weighted by Gasteiger charge is 2.39. The van der Waals surface area contributed by atoms with Crippen molar-refractivity contribution >= 4 is 17.5 Å². The molecule has 1 N–H and O–H groups in total. The van der Waals surface area contributed by atoms with Crippen LogP contribution in [0.1, 0.15) is 5.56 Å². The molecule has 0 radical (unpaired) electrons. The van der Waals surface area contributed by atoms with E-state index < -0.39 is 0 Å². The summed E-state index contributed by atoms with van der Waals surface area (Å²) in [6.07, 6.45) is 0.858. The van der Waals surface area contributed by atoms with E-state index >= 15 is 0 Å². The van der Waals surface area contributed by atoms with E-state index in [2.05, 4.69) is 10.2 Å². The topological polar surface area (TPSA) is 32.3 Å². The molecular formula is C16H23ClN3O+. The highest BCUT2D eigenvalue weighted by Crippen LogP contribution is 2.18. The number of rotatable bonds is 5. The molecule has 4 rings (SSSR count). The number of hydrogen-bond acceptors (Lipinski definition) is 2. The predicted octanol–water partition coefficient (Wildman–Crippen LogP) is 1.14. The van der Waals surface area contributed by atoms with Gasteiger partial charge in [-0.05, 0) is 24.1 Å². The molecule has 1 aromatic carbocycles. The number of nitrogens with one attached hydrogen (secondary N) is 1. The van der Waals surface area contributed by atoms with Crippen LogP contribution in [0.15, 0.2) is 24.3 Å². The van der Waals surface area contributed by atoms with Crippen molar-refractivity contribution in [2.24, 2.45) is 0 Å². The lowest BCUT2D eigenvalue weighted by molar-refractivity contribution is -0.933. The summed E-state index contributed by atoms with van der Waals surface area (Å²) in [7, 11) is 0. The molecule has 0 aliphatic carbocycles. The summed E-state index contributed by atoms with van der Waals surface area (Å²) in [6, 6.07) is 7.81. The summed E-state index contributed by atoms with van der Waals surface area (Å²) in [5.74, 6) is 0.194. The number of carbonyl (C=O) groups excluding carboxylic acids is 1. The lowest BCUT2D eigenvalue weighted by Gasteiger charge is -2.50. The van der Waals surface area contributed by atoms with Gasteiger partial charge in [0.05, 0.1) is 19.6 Å². The Bertz CT molecular complexity index is 481. The maximum Gasteiger partial charge on any atom is 0.275 e. The average molecular weight is 309 g/mol. The first-order valence-corrected chi connectivity index (χ1v) is 8.12. The second-order valence-electron chi connectivity index (χ2n) is 6.24. The van der Waals surface area contributed by atoms with Gasteiger partial charge in [-0.3, -0.25) is 9.69 Å². The van der Waals surface area contributed by atoms with Crippen molar-refractivity contribution < 1.29 is 9.28 Å². The van der Waals surface area contributed by atoms with Gasteiger partial charge in [-0.25, -0.2) is 0 Å². The Labute approximate surface area is 131 Å². The van der Waals surface area contributed by atoms with Crippen molar-refractivity contribution in [3.63, 3.8) is 0 Å². The lowest BCUT2D eigenvalue weighted by Crippen LogP contribution is -2.69. The number of fused-ring (bicyclic) bond motifs is 3. The standard InChI is InChI=1S/C16H22ClN3O/c17-15-3-1-14(2-4-15)5-6-18-16(21)13-20-10-7-19(8-11-20)9-12-20/h1-4H,5-13H2/p+1. The molecule has 114 valence electrons. The highest BCUT2D eigenvalue weighted by molar-refractivity contribution is 6.30. The van der Waals surface area contributed by atoms with Crippen LogP contribution in [0.3, 0.4) is 0 Å². The zero-order chi connectivity index (χ0) is 14.7. The molecule has 3 aliphatic rings. The van der Waals surface area contributed by atoms with Gasteiger partial charge in [0.1, 0.15) is 0 Å². The van der Waals surface area contributed by atoms with Crippen molar-refractivity contribution in [2.45, 2.75) is 6.42 Å². The number of nitrogens with zero attached hydrogens (tertiary/aromatic N) is 2. The summed E-state index contributed by atoms with van der Waals surface area (Å²) in [4.78, 5) is 14.7. The first-order chi connectivity index (χ1) is 10.2. The first-order valence-electron chi connectivity index (χ1n) is 7.74. The maximum absolute atomic E-state index is 12.2. The maximum atomic E-state index is 12.2. The van der Waals surface area contributed by atoms with E-state index in [0.717, 1.165) is 55.2 Å². The molecule has 2 bridgehead atoms. The molecule has 4 nitrogen and oxygen atoms in total. The summed E-state index contributed by atoms with van der Waals surface area (Å²) in [5.41, 5.74) is 1.21. The normalized spacial score (nSPS) is 27.6. The molecule has 3 heterocycles. The minimum Gasteiger partial charge on any atom is -0.351 e. The summed E-state index contributed by atoms with van der Waals surface area (Å²) in [5, 5.41) is 3.82. The average Bonchev–Trinajstić information content (AvgIpc) is 2.50. The Kier molecular flexibility index (Phi) is 4.48. The van der Waals surface area contributed by atoms with Gasteiger partial charge in [0.15, 0.2) is 6.54 Å². The molecule has 5 heteroatoms. The van der Waals surface area contributed by atoms with Crippen LogP contribution in [-0.2, 0) is 11.2 Å². The quantitative estimate of drug-likeness (QED) is 0.828. The number of halogens is 1. The highest BCUT2D eigenvalue weighted by atomic mass is 35.5. The van der Waals surface area contributed by atoms with E-state index in [1.807, 2.05) is 24.3 Å². The van der Waals surface area contributed by atoms with Gasteiger partial charge in [0, 0.05) is 31.2 Å². The van der Waals surface area contributed by atoms with Crippen molar-refractivity contribution in [3.05, 3.63) is 34.9 Å². The van der Waals surface area contributed by atoms with Gasteiger partial charge in [0.2, 0.25) is 0 Å². The molecule has 3 aliphatic heterocycles. The summed E-state index contributed by atoms with van der Waals surface area (Å²) in [6.45, 7) is 8.19. The SMILES string of the molecule is O=C(C[N+]12CCN(CC1)CC2)NCCc1ccc(Cl)cc1. The van der Waals surface area contributed by atoms with Crippen LogP contribution in [0, 0.1) is 0 Å². The largest absolute Gasteiger partial charge is 0.351 e. The van der Waals surface area contributed by atoms with E-state index in [-0.39, 0.29) is 5.91 Å². The third-order valence-electron chi connectivity index (χ3n) is 4.80. The van der Waals surface area contributed by atoms with Gasteiger partial charge in [0.25, 0.3) is 5.91 Å². The zero-order valence-electron chi connectivity index (χ0n) is 12.4. The van der Waals surface area contributed by atoms with Crippen LogP contribution in [0.2, 0.25) is 5.02 Å². The lowest BCUT2D eigenvalue weighted by atomic mass is 10.1. The van der Waals surface area contributed by atoms with Crippen LogP contribution in [0.25, 0.3) is 0 Å². The van der Waals surface area contributed by atoms with Gasteiger partial charge >= 0.3 is 0 Å². The Balaban J connectivity index is 1.43. The van der Waals surface area contributed by atoms with Crippen molar-refractivity contribution in [1.29, 1.82) is 0 Å². The Morgan fingerprint density at radius 2 is 1.76 bits per heavy atom. The van der Waals surface area contributed by atoms with Gasteiger partial charge < -0.3 is 9.80 Å². The Morgan fingerprint density at radius 3 is 2.38 bits per heavy atom. The third-order valence-corrected chi connectivity index (χ3v) is 5.05. The van der Waals surface area contributed by atoms with Crippen LogP contribution in [-0.4, -0.2) is 67.6 Å². The van der Waals surface area contributed by atoms with E-state index in [0.29, 0.717) is 13.1 Å². The first kappa shape index (κ1) is 14.8. The van der Waals surface area contributed by atoms with Gasteiger partial charge in [-0.2, -0.15) is 0 Å². The predicted molar refractivity (Wildman–Crippen MR) is 84.3 cm³/mol. The van der Waals surface area contributed by atoms with E-state index in [1.165, 1.54) is 5.56 Å². The summed E-state index contributed by atoms with van der Waals surface area (Å²) < 4.78 is 0.989. The number of amides is 1. The number of quaternary nitrogens is 1. The molecule has 0 saturated carbocycles. The molecule has 3 saturated heterocycles. The van der Waals surface area contributed by atoms with Crippen LogP contribution in [0.5, 0.6) is 0 Å². The fourth-order valence-corrected chi connectivity index (χ4v) is 3.45. The number of hydrogen-bond donors (Lipinski definition) is 1. The molecule has 3 fully saturated rings. The number of carbonyl (C=O) groups is 1. The van der Waals surface area contributed by atoms with Crippen molar-refractivity contribution in [3.8, 4) is 0 Å². The Morgan fingerprint density at radius 1 is 1.14 bits per heavy atom. The Hall–Kier alpha value is -1.10. The monoisotopic (exact) mass is 308 g/mol. The van der Waals surface area contributed by atoms with Crippen molar-refractivity contribution in [2.75, 3.05) is 52.4 Å². The minimum atomic E-state index is 0.194. The molecule has 1 aromatic rings. The second kappa shape index (κ2) is 6.34. The fraction of sp³-hybridized carbons (Fsp3) is 0.562. The molecule has 0 spiro atoms. The van der Waals surface area contributed by atoms with Gasteiger partial charge in [-0.15, -0.1) is 0 Å². The summed E-state index contributed by atoms with van der Waals surface area (Å²) >= 11 is 5.86. The zero-order valence-corrected chi connectivity index (χ0v) is 13.1. The van der Waals surface area contributed by atoms with Gasteiger partial charge in [-0.1, -0.05) is 23.7 Å². The molecule has 0 aromatic heterocycles. The molecule has 1 amide bonds. The van der Waals surface area contributed by atoms with Crippen LogP contribution >= 0.6 is 11.6 Å². The fourth-order valence-electron chi connectivity index (χ4n) is 3.33. The van der Waals surface area contributed by atoms with Crippen molar-refractivity contribution in [1.82, 2.24) is 10.2 Å². The van der Waals surface area contributed by atoms with E-state index in [1.54, 1.807) is 0 Å². The van der Waals surface area contributed by atoms with E-state index in [4.69, 9.17) is 11.6 Å². The smallest absolute Gasteiger partial charge is 0.275 e. The second-order valence-corrected chi connectivity index (χ2v) is 6.68. The molecule has 21 heavy (non-hydrogen) atoms. The van der Waals surface area contributed by atoms with E-state index in [9.17, 15) is 4.79 Å². The third kappa shape index (κ3) is 3.76. The molecular weight excluding hydrogens is 286 g/mol. The molecule has 0 atom stereocenters. The number of piperazine rings is 3. The minimum absolute atomic E-state index is 0.194. The number of benzene rings is 1. The van der Waals surface area contributed by atoms with Crippen LogP contribution in [0.4, 0.5) is 0 Å².